The molecule has 2 aliphatic heterocycles. The van der Waals surface area contributed by atoms with E-state index in [1.807, 2.05) is 36.0 Å². The molecule has 0 aliphatic carbocycles. The summed E-state index contributed by atoms with van der Waals surface area (Å²) >= 11 is 1.90. The van der Waals surface area contributed by atoms with Gasteiger partial charge in [-0.05, 0) is 24.3 Å². The van der Waals surface area contributed by atoms with Crippen LogP contribution in [0, 0.1) is 0 Å². The summed E-state index contributed by atoms with van der Waals surface area (Å²) in [5, 5.41) is 7.35. The van der Waals surface area contributed by atoms with E-state index in [9.17, 15) is 9.59 Å². The van der Waals surface area contributed by atoms with Gasteiger partial charge in [0, 0.05) is 36.3 Å². The third kappa shape index (κ3) is 3.71. The molecule has 0 atom stereocenters. The van der Waals surface area contributed by atoms with Crippen molar-refractivity contribution in [1.29, 1.82) is 0 Å². The lowest BCUT2D eigenvalue weighted by Gasteiger charge is -2.27. The summed E-state index contributed by atoms with van der Waals surface area (Å²) in [6.45, 7) is 2.39. The summed E-state index contributed by atoms with van der Waals surface area (Å²) in [5.41, 5.74) is 2.02. The number of thioether (sulfide) groups is 1. The van der Waals surface area contributed by atoms with Gasteiger partial charge in [0.25, 0.3) is 0 Å². The first-order valence-electron chi connectivity index (χ1n) is 11.1. The van der Waals surface area contributed by atoms with Crippen LogP contribution in [0.3, 0.4) is 0 Å². The van der Waals surface area contributed by atoms with Crippen LogP contribution in [0.2, 0.25) is 0 Å². The van der Waals surface area contributed by atoms with Crippen LogP contribution >= 0.6 is 11.8 Å². The van der Waals surface area contributed by atoms with Gasteiger partial charge in [-0.3, -0.25) is 4.79 Å². The van der Waals surface area contributed by atoms with E-state index in [1.54, 1.807) is 22.6 Å². The van der Waals surface area contributed by atoms with Crippen LogP contribution in [0.1, 0.15) is 0 Å². The first-order valence-corrected chi connectivity index (χ1v) is 12.2. The van der Waals surface area contributed by atoms with Gasteiger partial charge in [0.05, 0.1) is 11.0 Å². The van der Waals surface area contributed by atoms with Crippen molar-refractivity contribution >= 4 is 45.9 Å². The molecule has 1 N–H and O–H groups in total. The Balaban J connectivity index is 1.35. The molecule has 34 heavy (non-hydrogen) atoms. The van der Waals surface area contributed by atoms with Crippen molar-refractivity contribution < 1.29 is 14.3 Å². The van der Waals surface area contributed by atoms with Crippen molar-refractivity contribution in [2.24, 2.45) is 0 Å². The average molecular weight is 479 g/mol. The lowest BCUT2D eigenvalue weighted by Crippen LogP contribution is -2.33. The molecule has 4 aromatic rings. The number of rotatable bonds is 4. The number of nitrogens with one attached hydrogen (secondary N) is 1. The minimum absolute atomic E-state index is 0.224. The largest absolute Gasteiger partial charge is 0.486 e. The average Bonchev–Trinajstić information content (AvgIpc) is 3.20. The molecule has 0 unspecified atom stereocenters. The Morgan fingerprint density at radius 3 is 2.71 bits per heavy atom. The zero-order valence-corrected chi connectivity index (χ0v) is 19.1. The topological polar surface area (TPSA) is 103 Å². The van der Waals surface area contributed by atoms with Crippen molar-refractivity contribution in [3.63, 3.8) is 0 Å². The molecule has 10 nitrogen and oxygen atoms in total. The zero-order valence-electron chi connectivity index (χ0n) is 18.3. The Bertz CT molecular complexity index is 1460. The van der Waals surface area contributed by atoms with Gasteiger partial charge in [-0.15, -0.1) is 5.10 Å². The number of amides is 1. The summed E-state index contributed by atoms with van der Waals surface area (Å²) in [6.07, 6.45) is 0. The van der Waals surface area contributed by atoms with E-state index in [0.717, 1.165) is 24.6 Å². The number of anilines is 2. The van der Waals surface area contributed by atoms with Crippen molar-refractivity contribution in [1.82, 2.24) is 19.2 Å². The minimum Gasteiger partial charge on any atom is -0.486 e. The Labute approximate surface area is 198 Å². The number of carbonyl (C=O) groups excluding carboxylic acids is 1. The Morgan fingerprint density at radius 1 is 1.06 bits per heavy atom. The van der Waals surface area contributed by atoms with Crippen molar-refractivity contribution in [2.75, 3.05) is 48.0 Å². The molecule has 1 saturated heterocycles. The van der Waals surface area contributed by atoms with Crippen LogP contribution in [0.25, 0.3) is 16.7 Å². The van der Waals surface area contributed by atoms with Gasteiger partial charge in [-0.25, -0.2) is 18.9 Å². The number of fused-ring (bicyclic) bond motifs is 4. The van der Waals surface area contributed by atoms with Gasteiger partial charge >= 0.3 is 5.69 Å². The standard InChI is InChI=1S/C23H22N6O4S/c30-20(24-15-5-6-18-19(13-15)33-10-9-32-18)14-28-23(31)29-17-4-2-1-3-16(17)25-21(22(29)26-28)27-7-11-34-12-8-27/h1-6,13H,7-12,14H2,(H,24,30). The maximum atomic E-state index is 13.4. The Morgan fingerprint density at radius 2 is 1.85 bits per heavy atom. The predicted octanol–water partition coefficient (Wildman–Crippen LogP) is 2.01. The highest BCUT2D eigenvalue weighted by Crippen LogP contribution is 2.32. The molecular formula is C23H22N6O4S. The third-order valence-electron chi connectivity index (χ3n) is 5.82. The Hall–Kier alpha value is -3.73. The van der Waals surface area contributed by atoms with Crippen LogP contribution in [0.5, 0.6) is 11.5 Å². The molecule has 11 heteroatoms. The number of hydrogen-bond acceptors (Lipinski definition) is 8. The first-order chi connectivity index (χ1) is 16.7. The van der Waals surface area contributed by atoms with Gasteiger partial charge in [-0.2, -0.15) is 11.8 Å². The summed E-state index contributed by atoms with van der Waals surface area (Å²) in [6, 6.07) is 12.7. The fourth-order valence-corrected chi connectivity index (χ4v) is 5.13. The van der Waals surface area contributed by atoms with Crippen molar-refractivity contribution in [3.8, 4) is 11.5 Å². The van der Waals surface area contributed by atoms with E-state index in [0.29, 0.717) is 52.9 Å². The van der Waals surface area contributed by atoms with Gasteiger partial charge in [0.1, 0.15) is 19.8 Å². The molecule has 0 spiro atoms. The number of carbonyl (C=O) groups is 1. The van der Waals surface area contributed by atoms with Crippen LogP contribution in [0.15, 0.2) is 47.3 Å². The molecule has 2 aromatic carbocycles. The van der Waals surface area contributed by atoms with Gasteiger partial charge in [-0.1, -0.05) is 12.1 Å². The zero-order chi connectivity index (χ0) is 23.1. The second-order valence-electron chi connectivity index (χ2n) is 8.03. The maximum Gasteiger partial charge on any atom is 0.351 e. The van der Waals surface area contributed by atoms with Crippen LogP contribution in [-0.2, 0) is 11.3 Å². The molecule has 1 fully saturated rings. The van der Waals surface area contributed by atoms with Crippen molar-refractivity contribution in [3.05, 3.63) is 52.9 Å². The van der Waals surface area contributed by atoms with E-state index in [4.69, 9.17) is 14.5 Å². The highest BCUT2D eigenvalue weighted by molar-refractivity contribution is 7.99. The quantitative estimate of drug-likeness (QED) is 0.475. The monoisotopic (exact) mass is 478 g/mol. The van der Waals surface area contributed by atoms with E-state index in [2.05, 4.69) is 15.3 Å². The number of nitrogens with zero attached hydrogens (tertiary/aromatic N) is 5. The second-order valence-corrected chi connectivity index (χ2v) is 9.25. The molecule has 1 amide bonds. The van der Waals surface area contributed by atoms with Crippen LogP contribution < -0.4 is 25.4 Å². The SMILES string of the molecule is O=C(Cn1nc2c(N3CCSCC3)nc3ccccc3n2c1=O)Nc1ccc2c(c1)OCCO2. The highest BCUT2D eigenvalue weighted by Gasteiger charge is 2.22. The number of benzene rings is 2. The number of para-hydroxylation sites is 2. The second kappa shape index (κ2) is 8.56. The minimum atomic E-state index is -0.376. The summed E-state index contributed by atoms with van der Waals surface area (Å²) < 4.78 is 13.8. The predicted molar refractivity (Wildman–Crippen MR) is 130 cm³/mol. The number of hydrogen-bond donors (Lipinski definition) is 1. The molecule has 2 aromatic heterocycles. The van der Waals surface area contributed by atoms with E-state index in [-0.39, 0.29) is 18.1 Å². The number of ether oxygens (including phenoxy) is 2. The summed E-state index contributed by atoms with van der Waals surface area (Å²) in [4.78, 5) is 33.1. The smallest absolute Gasteiger partial charge is 0.351 e. The molecular weight excluding hydrogens is 456 g/mol. The highest BCUT2D eigenvalue weighted by atomic mass is 32.2. The first kappa shape index (κ1) is 20.8. The lowest BCUT2D eigenvalue weighted by molar-refractivity contribution is -0.117. The molecule has 4 heterocycles. The number of aromatic nitrogens is 4. The van der Waals surface area contributed by atoms with E-state index >= 15 is 0 Å². The van der Waals surface area contributed by atoms with Crippen molar-refractivity contribution in [2.45, 2.75) is 6.54 Å². The van der Waals surface area contributed by atoms with E-state index in [1.165, 1.54) is 4.68 Å². The van der Waals surface area contributed by atoms with Crippen LogP contribution in [-0.4, -0.2) is 62.9 Å². The normalized spacial score (nSPS) is 15.6. The van der Waals surface area contributed by atoms with Gasteiger partial charge < -0.3 is 19.7 Å². The molecule has 2 aliphatic rings. The maximum absolute atomic E-state index is 13.4. The molecule has 0 radical (unpaired) electrons. The summed E-state index contributed by atoms with van der Waals surface area (Å²) in [7, 11) is 0. The van der Waals surface area contributed by atoms with Gasteiger partial charge in [0.2, 0.25) is 11.6 Å². The Kier molecular flexibility index (Phi) is 5.25. The van der Waals surface area contributed by atoms with E-state index < -0.39 is 0 Å². The molecule has 174 valence electrons. The molecule has 0 saturated carbocycles. The summed E-state index contributed by atoms with van der Waals surface area (Å²) in [5.74, 6) is 3.50. The van der Waals surface area contributed by atoms with Crippen LogP contribution in [0.4, 0.5) is 11.5 Å². The molecule has 0 bridgehead atoms. The lowest BCUT2D eigenvalue weighted by atomic mass is 10.2. The van der Waals surface area contributed by atoms with Gasteiger partial charge in [0.15, 0.2) is 17.3 Å². The fraction of sp³-hybridized carbons (Fsp3) is 0.304. The fourth-order valence-electron chi connectivity index (χ4n) is 4.23. The third-order valence-corrected chi connectivity index (χ3v) is 6.76. The molecule has 6 rings (SSSR count).